The molecule has 0 radical (unpaired) electrons. The number of hydrogen-bond donors (Lipinski definition) is 2. The van der Waals surface area contributed by atoms with Crippen molar-refractivity contribution in [1.29, 1.82) is 0 Å². The predicted molar refractivity (Wildman–Crippen MR) is 95.7 cm³/mol. The highest BCUT2D eigenvalue weighted by Gasteiger charge is 2.35. The third kappa shape index (κ3) is 5.16. The average molecular weight is 398 g/mol. The van der Waals surface area contributed by atoms with Gasteiger partial charge in [-0.15, -0.1) is 11.3 Å². The Morgan fingerprint density at radius 2 is 1.74 bits per heavy atom. The van der Waals surface area contributed by atoms with Crippen LogP contribution in [0.2, 0.25) is 0 Å². The third-order valence-electron chi connectivity index (χ3n) is 3.59. The molecule has 0 bridgehead atoms. The lowest BCUT2D eigenvalue weighted by molar-refractivity contribution is -0.137. The Morgan fingerprint density at radius 3 is 2.37 bits per heavy atom. The van der Waals surface area contributed by atoms with E-state index in [1.807, 2.05) is 0 Å². The van der Waals surface area contributed by atoms with Gasteiger partial charge in [0.25, 0.3) is 0 Å². The van der Waals surface area contributed by atoms with E-state index in [1.165, 1.54) is 23.6 Å². The van der Waals surface area contributed by atoms with Crippen molar-refractivity contribution < 1.29 is 27.6 Å². The highest BCUT2D eigenvalue weighted by molar-refractivity contribution is 7.14. The summed E-state index contributed by atoms with van der Waals surface area (Å²) in [7, 11) is 0. The maximum absolute atomic E-state index is 13.1. The molecule has 27 heavy (non-hydrogen) atoms. The van der Waals surface area contributed by atoms with Crippen LogP contribution in [-0.2, 0) is 15.8 Å². The first kappa shape index (κ1) is 20.6. The van der Waals surface area contributed by atoms with Crippen LogP contribution < -0.4 is 10.6 Å². The van der Waals surface area contributed by atoms with Gasteiger partial charge < -0.3 is 10.6 Å². The van der Waals surface area contributed by atoms with E-state index in [4.69, 9.17) is 0 Å². The average Bonchev–Trinajstić information content (AvgIpc) is 3.06. The Hall–Kier alpha value is -2.68. The fraction of sp³-hybridized carbons (Fsp3) is 0.278. The summed E-state index contributed by atoms with van der Waals surface area (Å²) in [5, 5.41) is 6.50. The Balaban J connectivity index is 2.19. The minimum Gasteiger partial charge on any atom is -0.347 e. The van der Waals surface area contributed by atoms with Crippen molar-refractivity contribution in [3.8, 4) is 0 Å². The van der Waals surface area contributed by atoms with Crippen LogP contribution in [0.3, 0.4) is 0 Å². The number of anilines is 1. The first-order valence-electron chi connectivity index (χ1n) is 7.97. The van der Waals surface area contributed by atoms with Gasteiger partial charge in [-0.2, -0.15) is 13.2 Å². The zero-order chi connectivity index (χ0) is 20.2. The zero-order valence-electron chi connectivity index (χ0n) is 14.5. The fourth-order valence-corrected chi connectivity index (χ4v) is 3.00. The summed E-state index contributed by atoms with van der Waals surface area (Å²) in [6.45, 7) is 3.03. The molecule has 144 valence electrons. The Bertz CT molecular complexity index is 860. The Morgan fingerprint density at radius 1 is 1.07 bits per heavy atom. The summed E-state index contributed by atoms with van der Waals surface area (Å²) in [4.78, 5) is 36.1. The van der Waals surface area contributed by atoms with Crippen LogP contribution in [0.15, 0.2) is 35.7 Å². The molecule has 0 spiro atoms. The number of halogens is 3. The second kappa shape index (κ2) is 8.34. The molecule has 1 aromatic heterocycles. The smallest absolute Gasteiger partial charge is 0.347 e. The molecule has 0 aliphatic heterocycles. The number of nitrogens with one attached hydrogen (secondary N) is 2. The summed E-state index contributed by atoms with van der Waals surface area (Å²) in [6, 6.07) is 5.82. The summed E-state index contributed by atoms with van der Waals surface area (Å²) < 4.78 is 39.4. The van der Waals surface area contributed by atoms with Gasteiger partial charge in [0.2, 0.25) is 11.8 Å². The molecule has 0 aliphatic carbocycles. The van der Waals surface area contributed by atoms with Gasteiger partial charge in [0.1, 0.15) is 5.00 Å². The lowest BCUT2D eigenvalue weighted by atomic mass is 9.99. The number of carbonyl (C=O) groups excluding carboxylic acids is 3. The third-order valence-corrected chi connectivity index (χ3v) is 4.42. The van der Waals surface area contributed by atoms with Crippen LogP contribution in [0.1, 0.15) is 35.3 Å². The Labute approximate surface area is 157 Å². The summed E-state index contributed by atoms with van der Waals surface area (Å²) in [5.74, 6) is -2.03. The topological polar surface area (TPSA) is 75.3 Å². The van der Waals surface area contributed by atoms with Crippen molar-refractivity contribution in [1.82, 2.24) is 5.32 Å². The van der Waals surface area contributed by atoms with Crippen molar-refractivity contribution in [2.45, 2.75) is 20.0 Å². The van der Waals surface area contributed by atoms with Gasteiger partial charge in [-0.1, -0.05) is 32.0 Å². The first-order valence-corrected chi connectivity index (χ1v) is 8.85. The molecule has 2 amide bonds. The van der Waals surface area contributed by atoms with Gasteiger partial charge in [0.15, 0.2) is 5.78 Å². The molecule has 1 heterocycles. The highest BCUT2D eigenvalue weighted by atomic mass is 32.1. The van der Waals surface area contributed by atoms with E-state index in [0.717, 1.165) is 23.5 Å². The number of hydrogen-bond acceptors (Lipinski definition) is 4. The normalized spacial score (nSPS) is 11.3. The van der Waals surface area contributed by atoms with Crippen LogP contribution in [0, 0.1) is 5.92 Å². The lowest BCUT2D eigenvalue weighted by Crippen LogP contribution is -2.35. The summed E-state index contributed by atoms with van der Waals surface area (Å²) in [5.41, 5.74) is -1.57. The number of amides is 2. The molecule has 2 rings (SSSR count). The maximum atomic E-state index is 13.1. The molecule has 1 aromatic carbocycles. The molecule has 5 nitrogen and oxygen atoms in total. The van der Waals surface area contributed by atoms with Crippen LogP contribution >= 0.6 is 11.3 Å². The highest BCUT2D eigenvalue weighted by Crippen LogP contribution is 2.34. The van der Waals surface area contributed by atoms with E-state index in [0.29, 0.717) is 0 Å². The van der Waals surface area contributed by atoms with Crippen molar-refractivity contribution in [3.05, 3.63) is 52.4 Å². The van der Waals surface area contributed by atoms with Gasteiger partial charge in [-0.25, -0.2) is 0 Å². The number of alkyl halides is 3. The van der Waals surface area contributed by atoms with E-state index in [-0.39, 0.29) is 28.9 Å². The van der Waals surface area contributed by atoms with E-state index >= 15 is 0 Å². The summed E-state index contributed by atoms with van der Waals surface area (Å²) >= 11 is 1.01. The molecule has 0 atom stereocenters. The van der Waals surface area contributed by atoms with Crippen LogP contribution in [0.25, 0.3) is 0 Å². The minimum absolute atomic E-state index is 0.0414. The second-order valence-electron chi connectivity index (χ2n) is 5.96. The quantitative estimate of drug-likeness (QED) is 0.729. The van der Waals surface area contributed by atoms with Crippen LogP contribution in [-0.4, -0.2) is 24.1 Å². The van der Waals surface area contributed by atoms with Gasteiger partial charge in [0.05, 0.1) is 17.7 Å². The van der Waals surface area contributed by atoms with Crippen LogP contribution in [0.5, 0.6) is 0 Å². The fourth-order valence-electron chi connectivity index (χ4n) is 2.20. The molecule has 0 saturated heterocycles. The van der Waals surface area contributed by atoms with Gasteiger partial charge in [-0.05, 0) is 17.5 Å². The zero-order valence-corrected chi connectivity index (χ0v) is 15.3. The van der Waals surface area contributed by atoms with Gasteiger partial charge >= 0.3 is 6.18 Å². The number of rotatable bonds is 6. The Kier molecular flexibility index (Phi) is 6.37. The van der Waals surface area contributed by atoms with Crippen molar-refractivity contribution in [2.24, 2.45) is 5.92 Å². The second-order valence-corrected chi connectivity index (χ2v) is 6.87. The minimum atomic E-state index is -4.67. The van der Waals surface area contributed by atoms with E-state index in [9.17, 15) is 27.6 Å². The van der Waals surface area contributed by atoms with Crippen molar-refractivity contribution >= 4 is 33.9 Å². The van der Waals surface area contributed by atoms with E-state index < -0.39 is 29.0 Å². The van der Waals surface area contributed by atoms with Crippen molar-refractivity contribution in [3.63, 3.8) is 0 Å². The first-order chi connectivity index (χ1) is 12.6. The molecule has 0 unspecified atom stereocenters. The van der Waals surface area contributed by atoms with Gasteiger partial charge in [0, 0.05) is 11.5 Å². The largest absolute Gasteiger partial charge is 0.417 e. The molecule has 0 saturated carbocycles. The maximum Gasteiger partial charge on any atom is 0.417 e. The summed E-state index contributed by atoms with van der Waals surface area (Å²) in [6.07, 6.45) is -4.67. The molecule has 2 aromatic rings. The molecular formula is C18H17F3N2O3S. The monoisotopic (exact) mass is 398 g/mol. The van der Waals surface area contributed by atoms with Crippen molar-refractivity contribution in [2.75, 3.05) is 11.9 Å². The number of ketones is 1. The number of thiophene rings is 1. The molecule has 2 N–H and O–H groups in total. The number of carbonyl (C=O) groups is 3. The SMILES string of the molecule is CC(C)C(=O)NCC(=O)Nc1sccc1C(=O)c1ccccc1C(F)(F)F. The lowest BCUT2D eigenvalue weighted by Gasteiger charge is -2.12. The standard InChI is InChI=1S/C18H17F3N2O3S/c1-10(2)16(26)22-9-14(24)23-17-12(7-8-27-17)15(25)11-5-3-4-6-13(11)18(19,20)21/h3-8,10H,9H2,1-2H3,(H,22,26)(H,23,24). The van der Waals surface area contributed by atoms with E-state index in [2.05, 4.69) is 10.6 Å². The van der Waals surface area contributed by atoms with Crippen LogP contribution in [0.4, 0.5) is 18.2 Å². The molecule has 0 fully saturated rings. The predicted octanol–water partition coefficient (Wildman–Crippen LogP) is 3.71. The van der Waals surface area contributed by atoms with E-state index in [1.54, 1.807) is 13.8 Å². The molecule has 9 heteroatoms. The van der Waals surface area contributed by atoms with Gasteiger partial charge in [-0.3, -0.25) is 14.4 Å². The molecular weight excluding hydrogens is 381 g/mol. The molecule has 0 aliphatic rings. The number of benzene rings is 1.